The molecule has 14 rings (SSSR count). The number of rotatable bonds is 6. The topological polar surface area (TPSA) is 9.72 Å². The third-order valence-electron chi connectivity index (χ3n) is 19.2. The molecule has 4 aliphatic rings. The van der Waals surface area contributed by atoms with E-state index in [-0.39, 0.29) is 43.8 Å². The molecule has 2 aliphatic heterocycles. The Kier molecular flexibility index (Phi) is 10.4. The number of anilines is 9. The van der Waals surface area contributed by atoms with Gasteiger partial charge >= 0.3 is 0 Å². The molecule has 0 aromatic heterocycles. The van der Waals surface area contributed by atoms with Crippen molar-refractivity contribution in [2.24, 2.45) is 0 Å². The number of nitrogens with zero attached hydrogens (tertiary/aromatic N) is 3. The first kappa shape index (κ1) is 47.1. The van der Waals surface area contributed by atoms with Gasteiger partial charge in [0, 0.05) is 70.2 Å². The van der Waals surface area contributed by atoms with E-state index in [0.717, 1.165) is 67.6 Å². The van der Waals surface area contributed by atoms with E-state index < -0.39 is 20.4 Å². The molecule has 2 aliphatic carbocycles. The van der Waals surface area contributed by atoms with Gasteiger partial charge in [-0.3, -0.25) is 0 Å². The van der Waals surface area contributed by atoms with Crippen LogP contribution in [0, 0.1) is 13.7 Å². The normalized spacial score (nSPS) is 16.3. The molecule has 0 saturated heterocycles. The lowest BCUT2D eigenvalue weighted by Gasteiger charge is -2.45. The van der Waals surface area contributed by atoms with Gasteiger partial charge in [-0.05, 0) is 209 Å². The summed E-state index contributed by atoms with van der Waals surface area (Å²) in [6.07, 6.45) is 0. The van der Waals surface area contributed by atoms with Crippen LogP contribution in [0.4, 0.5) is 51.2 Å². The Hall–Kier alpha value is -8.34. The molecule has 0 unspecified atom stereocenters. The molecular weight excluding hydrogens is 1010 g/mol. The maximum absolute atomic E-state index is 8.91. The molecule has 4 heteroatoms. The zero-order chi connectivity index (χ0) is 63.7. The van der Waals surface area contributed by atoms with Gasteiger partial charge in [-0.1, -0.05) is 211 Å². The first-order valence-corrected chi connectivity index (χ1v) is 30.0. The van der Waals surface area contributed by atoms with Gasteiger partial charge in [0.1, 0.15) is 0 Å². The van der Waals surface area contributed by atoms with Crippen LogP contribution in [0.2, 0.25) is 0 Å². The summed E-state index contributed by atoms with van der Waals surface area (Å²) in [4.78, 5) is 7.35. The van der Waals surface area contributed by atoms with Crippen LogP contribution in [0.15, 0.2) is 200 Å². The van der Waals surface area contributed by atoms with Crippen molar-refractivity contribution in [2.45, 2.75) is 131 Å². The highest BCUT2D eigenvalue weighted by atomic mass is 15.2. The molecule has 84 heavy (non-hydrogen) atoms. The van der Waals surface area contributed by atoms with E-state index in [2.05, 4.69) is 281 Å². The number of hydrogen-bond acceptors (Lipinski definition) is 3. The van der Waals surface area contributed by atoms with Crippen molar-refractivity contribution in [2.75, 3.05) is 14.7 Å². The monoisotopic (exact) mass is 1100 g/mol. The molecule has 0 spiro atoms. The van der Waals surface area contributed by atoms with Crippen LogP contribution in [-0.2, 0) is 27.1 Å². The lowest BCUT2D eigenvalue weighted by molar-refractivity contribution is 0.590. The average molecular weight is 1100 g/mol. The van der Waals surface area contributed by atoms with Crippen LogP contribution < -0.4 is 31.1 Å². The predicted molar refractivity (Wildman–Crippen MR) is 361 cm³/mol. The summed E-state index contributed by atoms with van der Waals surface area (Å²) in [5.74, 6) is 0. The Labute approximate surface area is 509 Å². The van der Waals surface area contributed by atoms with Gasteiger partial charge in [-0.2, -0.15) is 0 Å². The van der Waals surface area contributed by atoms with E-state index in [1.165, 1.54) is 61.2 Å². The highest BCUT2D eigenvalue weighted by molar-refractivity contribution is 7.00. The summed E-state index contributed by atoms with van der Waals surface area (Å²) in [7, 11) is 0. The maximum atomic E-state index is 8.91. The summed E-state index contributed by atoms with van der Waals surface area (Å²) in [6.45, 7) is 24.1. The first-order chi connectivity index (χ1) is 42.3. The molecule has 2 heterocycles. The fourth-order valence-electron chi connectivity index (χ4n) is 14.5. The quantitative estimate of drug-likeness (QED) is 0.154. The Morgan fingerprint density at radius 2 is 0.845 bits per heavy atom. The number of aryl methyl sites for hydroxylation is 2. The summed E-state index contributed by atoms with van der Waals surface area (Å²) in [5, 5.41) is 0. The molecule has 0 amide bonds. The summed E-state index contributed by atoms with van der Waals surface area (Å²) < 4.78 is 53.5. The van der Waals surface area contributed by atoms with Crippen molar-refractivity contribution in [3.05, 3.63) is 250 Å². The van der Waals surface area contributed by atoms with Crippen LogP contribution in [0.3, 0.4) is 0 Å². The Morgan fingerprint density at radius 3 is 1.33 bits per heavy atom. The molecule has 0 saturated carbocycles. The van der Waals surface area contributed by atoms with Crippen molar-refractivity contribution in [3.8, 4) is 33.4 Å². The Balaban J connectivity index is 1.09. The highest BCUT2D eigenvalue weighted by Crippen LogP contribution is 2.55. The predicted octanol–water partition coefficient (Wildman–Crippen LogP) is 20.0. The fraction of sp³-hybridized carbons (Fsp3) is 0.250. The van der Waals surface area contributed by atoms with Gasteiger partial charge in [0.2, 0.25) is 0 Å². The second kappa shape index (κ2) is 18.6. The van der Waals surface area contributed by atoms with Crippen LogP contribution in [0.25, 0.3) is 33.4 Å². The van der Waals surface area contributed by atoms with Gasteiger partial charge in [-0.15, -0.1) is 0 Å². The molecule has 416 valence electrons. The first-order valence-electron chi connectivity index (χ1n) is 33.0. The lowest BCUT2D eigenvalue weighted by Crippen LogP contribution is -2.61. The zero-order valence-electron chi connectivity index (χ0n) is 57.0. The second-order valence-corrected chi connectivity index (χ2v) is 28.3. The molecular formula is C80H78BN3. The van der Waals surface area contributed by atoms with E-state index in [9.17, 15) is 0 Å². The lowest BCUT2D eigenvalue weighted by atomic mass is 9.33. The van der Waals surface area contributed by atoms with Crippen molar-refractivity contribution < 1.29 is 8.22 Å². The van der Waals surface area contributed by atoms with Crippen LogP contribution in [0.5, 0.6) is 0 Å². The zero-order valence-corrected chi connectivity index (χ0v) is 51.0. The van der Waals surface area contributed by atoms with Gasteiger partial charge in [-0.25, -0.2) is 0 Å². The summed E-state index contributed by atoms with van der Waals surface area (Å²) in [6, 6.07) is 72.4. The maximum Gasteiger partial charge on any atom is 0.252 e. The third kappa shape index (κ3) is 8.21. The minimum absolute atomic E-state index is 0.00720. The third-order valence-corrected chi connectivity index (χ3v) is 19.2. The molecule has 0 atom stereocenters. The highest BCUT2D eigenvalue weighted by Gasteiger charge is 2.46. The van der Waals surface area contributed by atoms with E-state index in [1.807, 2.05) is 6.07 Å². The number of benzene rings is 10. The molecule has 10 aromatic rings. The van der Waals surface area contributed by atoms with Crippen LogP contribution in [-0.4, -0.2) is 6.71 Å². The standard InChI is InChI=1S/C80H78BN3/c1-49-21-20-22-50(2)74(49)51-27-42-70-69(43-51)81-68-41-38-59(82(55-32-28-52(29-33-55)76(3,4)5)56-34-30-53(31-35-56)77(6,7)8)48-71(68)84(58-37-40-63-61-24-17-19-26-65(61)80(14,15)67(63)47-58)73-45-54(78(9,10)11)44-72(75(73)81)83(70)57-36-39-62-60-23-16-18-25-64(60)79(12,13)66(62)46-57/h16-48H,1-15H3/i1D3,2D3. The van der Waals surface area contributed by atoms with Gasteiger partial charge in [0.25, 0.3) is 6.71 Å². The summed E-state index contributed by atoms with van der Waals surface area (Å²) >= 11 is 0. The number of fused-ring (bicyclic) bond motifs is 10. The van der Waals surface area contributed by atoms with E-state index in [4.69, 9.17) is 8.22 Å². The largest absolute Gasteiger partial charge is 0.311 e. The second-order valence-electron chi connectivity index (χ2n) is 28.3. The van der Waals surface area contributed by atoms with Gasteiger partial charge in [0.05, 0.1) is 0 Å². The van der Waals surface area contributed by atoms with Gasteiger partial charge < -0.3 is 14.7 Å². The van der Waals surface area contributed by atoms with E-state index in [1.54, 1.807) is 18.2 Å². The molecule has 10 aromatic carbocycles. The molecule has 0 fully saturated rings. The minimum atomic E-state index is -2.61. The SMILES string of the molecule is [2H]C([2H])([2H])c1cccc(C([2H])([2H])[2H])c1-c1ccc2c(c1)B1c3ccc(N(c4ccc(C(C)(C)C)cc4)c4ccc(C(C)(C)C)cc4)cc3N(c3ccc4c(c3)C(C)(C)c3ccccc3-4)c3cc(C(C)(C)C)cc(c31)N2c1ccc2c(c1)C(C)(C)c1ccccc1-2. The Bertz CT molecular complexity index is 4500. The van der Waals surface area contributed by atoms with Gasteiger partial charge in [0.15, 0.2) is 0 Å². The smallest absolute Gasteiger partial charge is 0.252 e. The van der Waals surface area contributed by atoms with Crippen LogP contribution >= 0.6 is 0 Å². The molecule has 0 bridgehead atoms. The Morgan fingerprint density at radius 1 is 0.381 bits per heavy atom. The molecule has 0 radical (unpaired) electrons. The van der Waals surface area contributed by atoms with Crippen LogP contribution in [0.1, 0.15) is 148 Å². The average Bonchev–Trinajstić information content (AvgIpc) is 0.749. The summed E-state index contributed by atoms with van der Waals surface area (Å²) in [5.41, 5.74) is 25.7. The molecule has 0 N–H and O–H groups in total. The van der Waals surface area contributed by atoms with Crippen molar-refractivity contribution in [1.82, 2.24) is 0 Å². The molecule has 3 nitrogen and oxygen atoms in total. The fourth-order valence-corrected chi connectivity index (χ4v) is 14.5. The van der Waals surface area contributed by atoms with Crippen molar-refractivity contribution in [3.63, 3.8) is 0 Å². The number of hydrogen-bond donors (Lipinski definition) is 0. The van der Waals surface area contributed by atoms with E-state index >= 15 is 0 Å². The van der Waals surface area contributed by atoms with Crippen molar-refractivity contribution in [1.29, 1.82) is 0 Å². The minimum Gasteiger partial charge on any atom is -0.311 e. The van der Waals surface area contributed by atoms with E-state index in [0.29, 0.717) is 5.56 Å². The van der Waals surface area contributed by atoms with Crippen molar-refractivity contribution >= 4 is 74.3 Å².